The molecule has 20 heavy (non-hydrogen) atoms. The highest BCUT2D eigenvalue weighted by Crippen LogP contribution is 2.20. The van der Waals surface area contributed by atoms with E-state index in [2.05, 4.69) is 0 Å². The van der Waals surface area contributed by atoms with E-state index in [1.807, 2.05) is 43.3 Å². The SMILES string of the molecule is CCC(=O)c1ccc(OCc2ccccc2OC)cc1. The average Bonchev–Trinajstić information content (AvgIpc) is 2.53. The number of carbonyl (C=O) groups excluding carboxylic acids is 1. The highest BCUT2D eigenvalue weighted by Gasteiger charge is 2.05. The summed E-state index contributed by atoms with van der Waals surface area (Å²) in [5.74, 6) is 1.69. The smallest absolute Gasteiger partial charge is 0.162 e. The quantitative estimate of drug-likeness (QED) is 0.747. The van der Waals surface area contributed by atoms with Crippen molar-refractivity contribution in [2.24, 2.45) is 0 Å². The predicted octanol–water partition coefficient (Wildman–Crippen LogP) is 3.87. The maximum atomic E-state index is 11.5. The molecule has 2 aromatic carbocycles. The molecule has 0 aromatic heterocycles. The molecule has 0 saturated heterocycles. The van der Waals surface area contributed by atoms with E-state index < -0.39 is 0 Å². The van der Waals surface area contributed by atoms with E-state index >= 15 is 0 Å². The predicted molar refractivity (Wildman–Crippen MR) is 78.4 cm³/mol. The summed E-state index contributed by atoms with van der Waals surface area (Å²) < 4.78 is 11.0. The normalized spacial score (nSPS) is 10.1. The van der Waals surface area contributed by atoms with Gasteiger partial charge in [-0.15, -0.1) is 0 Å². The van der Waals surface area contributed by atoms with E-state index in [4.69, 9.17) is 9.47 Å². The fourth-order valence-electron chi connectivity index (χ4n) is 1.92. The molecule has 0 saturated carbocycles. The van der Waals surface area contributed by atoms with Gasteiger partial charge in [0.05, 0.1) is 7.11 Å². The molecule has 0 aliphatic heterocycles. The fourth-order valence-corrected chi connectivity index (χ4v) is 1.92. The topological polar surface area (TPSA) is 35.5 Å². The molecule has 3 heteroatoms. The van der Waals surface area contributed by atoms with E-state index in [0.29, 0.717) is 13.0 Å². The van der Waals surface area contributed by atoms with Crippen LogP contribution in [0.3, 0.4) is 0 Å². The van der Waals surface area contributed by atoms with Gasteiger partial charge in [0.1, 0.15) is 18.1 Å². The number of ether oxygens (including phenoxy) is 2. The summed E-state index contributed by atoms with van der Waals surface area (Å²) in [6.07, 6.45) is 0.515. The molecule has 104 valence electrons. The molecule has 0 radical (unpaired) electrons. The molecule has 0 bridgehead atoms. The van der Waals surface area contributed by atoms with Crippen molar-refractivity contribution in [3.8, 4) is 11.5 Å². The van der Waals surface area contributed by atoms with Gasteiger partial charge in [-0.2, -0.15) is 0 Å². The minimum Gasteiger partial charge on any atom is -0.496 e. The average molecular weight is 270 g/mol. The van der Waals surface area contributed by atoms with Gasteiger partial charge in [-0.3, -0.25) is 4.79 Å². The number of para-hydroxylation sites is 1. The number of carbonyl (C=O) groups is 1. The Morgan fingerprint density at radius 2 is 1.75 bits per heavy atom. The minimum absolute atomic E-state index is 0.140. The fraction of sp³-hybridized carbons (Fsp3) is 0.235. The summed E-state index contributed by atoms with van der Waals surface area (Å²) in [5.41, 5.74) is 1.71. The van der Waals surface area contributed by atoms with Crippen molar-refractivity contribution in [3.63, 3.8) is 0 Å². The van der Waals surface area contributed by atoms with Gasteiger partial charge in [0.2, 0.25) is 0 Å². The Morgan fingerprint density at radius 3 is 2.40 bits per heavy atom. The molecule has 0 heterocycles. The molecule has 0 aliphatic carbocycles. The highest BCUT2D eigenvalue weighted by atomic mass is 16.5. The van der Waals surface area contributed by atoms with Crippen molar-refractivity contribution in [2.75, 3.05) is 7.11 Å². The Kier molecular flexibility index (Phi) is 4.77. The van der Waals surface area contributed by atoms with Gasteiger partial charge in [-0.25, -0.2) is 0 Å². The summed E-state index contributed by atoms with van der Waals surface area (Å²) in [7, 11) is 1.64. The molecule has 0 fully saturated rings. The molecule has 0 atom stereocenters. The summed E-state index contributed by atoms with van der Waals surface area (Å²) >= 11 is 0. The summed E-state index contributed by atoms with van der Waals surface area (Å²) in [6, 6.07) is 15.0. The van der Waals surface area contributed by atoms with E-state index in [1.165, 1.54) is 0 Å². The lowest BCUT2D eigenvalue weighted by Gasteiger charge is -2.10. The zero-order valence-electron chi connectivity index (χ0n) is 11.8. The van der Waals surface area contributed by atoms with Gasteiger partial charge in [0.25, 0.3) is 0 Å². The lowest BCUT2D eigenvalue weighted by Crippen LogP contribution is -1.99. The summed E-state index contributed by atoms with van der Waals surface area (Å²) in [4.78, 5) is 11.5. The molecule has 2 rings (SSSR count). The minimum atomic E-state index is 0.140. The van der Waals surface area contributed by atoms with Gasteiger partial charge < -0.3 is 9.47 Å². The van der Waals surface area contributed by atoms with Crippen LogP contribution >= 0.6 is 0 Å². The number of methoxy groups -OCH3 is 1. The van der Waals surface area contributed by atoms with Gasteiger partial charge in [-0.1, -0.05) is 25.1 Å². The standard InChI is InChI=1S/C17H18O3/c1-3-16(18)13-8-10-15(11-9-13)20-12-14-6-4-5-7-17(14)19-2/h4-11H,3,12H2,1-2H3. The Hall–Kier alpha value is -2.29. The number of hydrogen-bond acceptors (Lipinski definition) is 3. The van der Waals surface area contributed by atoms with E-state index in [-0.39, 0.29) is 5.78 Å². The number of Topliss-reactive ketones (excluding diaryl/α,β-unsaturated/α-hetero) is 1. The van der Waals surface area contributed by atoms with Crippen LogP contribution in [0.1, 0.15) is 29.3 Å². The first-order chi connectivity index (χ1) is 9.74. The van der Waals surface area contributed by atoms with Crippen molar-refractivity contribution in [1.29, 1.82) is 0 Å². The van der Waals surface area contributed by atoms with Crippen LogP contribution in [-0.4, -0.2) is 12.9 Å². The Labute approximate surface area is 119 Å². The third-order valence-electron chi connectivity index (χ3n) is 3.08. The number of rotatable bonds is 6. The lowest BCUT2D eigenvalue weighted by molar-refractivity contribution is 0.0988. The first-order valence-electron chi connectivity index (χ1n) is 6.62. The van der Waals surface area contributed by atoms with E-state index in [0.717, 1.165) is 22.6 Å². The van der Waals surface area contributed by atoms with Crippen LogP contribution in [0.25, 0.3) is 0 Å². The van der Waals surface area contributed by atoms with Crippen LogP contribution in [0.4, 0.5) is 0 Å². The number of hydrogen-bond donors (Lipinski definition) is 0. The second kappa shape index (κ2) is 6.75. The van der Waals surface area contributed by atoms with Gasteiger partial charge >= 0.3 is 0 Å². The molecule has 0 spiro atoms. The highest BCUT2D eigenvalue weighted by molar-refractivity contribution is 5.95. The molecular weight excluding hydrogens is 252 g/mol. The number of ketones is 1. The number of benzene rings is 2. The second-order valence-electron chi connectivity index (χ2n) is 4.40. The van der Waals surface area contributed by atoms with Gasteiger partial charge in [0.15, 0.2) is 5.78 Å². The summed E-state index contributed by atoms with van der Waals surface area (Å²) in [6.45, 7) is 2.29. The van der Waals surface area contributed by atoms with Crippen LogP contribution in [0.2, 0.25) is 0 Å². The maximum absolute atomic E-state index is 11.5. The molecule has 3 nitrogen and oxygen atoms in total. The third kappa shape index (κ3) is 3.38. The second-order valence-corrected chi connectivity index (χ2v) is 4.40. The van der Waals surface area contributed by atoms with Crippen molar-refractivity contribution >= 4 is 5.78 Å². The first-order valence-corrected chi connectivity index (χ1v) is 6.62. The maximum Gasteiger partial charge on any atom is 0.162 e. The molecule has 0 amide bonds. The Balaban J connectivity index is 2.02. The van der Waals surface area contributed by atoms with Crippen molar-refractivity contribution in [2.45, 2.75) is 20.0 Å². The largest absolute Gasteiger partial charge is 0.496 e. The molecule has 0 unspecified atom stereocenters. The zero-order valence-corrected chi connectivity index (χ0v) is 11.8. The van der Waals surface area contributed by atoms with Gasteiger partial charge in [-0.05, 0) is 30.3 Å². The van der Waals surface area contributed by atoms with E-state index in [1.54, 1.807) is 19.2 Å². The van der Waals surface area contributed by atoms with Crippen LogP contribution in [0, 0.1) is 0 Å². The van der Waals surface area contributed by atoms with Crippen molar-refractivity contribution in [3.05, 3.63) is 59.7 Å². The monoisotopic (exact) mass is 270 g/mol. The summed E-state index contributed by atoms with van der Waals surface area (Å²) in [5, 5.41) is 0. The van der Waals surface area contributed by atoms with Crippen LogP contribution in [0.5, 0.6) is 11.5 Å². The van der Waals surface area contributed by atoms with Crippen molar-refractivity contribution < 1.29 is 14.3 Å². The molecule has 2 aromatic rings. The van der Waals surface area contributed by atoms with Gasteiger partial charge in [0, 0.05) is 17.5 Å². The van der Waals surface area contributed by atoms with E-state index in [9.17, 15) is 4.79 Å². The Bertz CT molecular complexity index is 573. The lowest BCUT2D eigenvalue weighted by atomic mass is 10.1. The zero-order chi connectivity index (χ0) is 14.4. The Morgan fingerprint density at radius 1 is 1.05 bits per heavy atom. The van der Waals surface area contributed by atoms with Crippen LogP contribution in [0.15, 0.2) is 48.5 Å². The molecular formula is C17H18O3. The van der Waals surface area contributed by atoms with Crippen LogP contribution < -0.4 is 9.47 Å². The molecule has 0 N–H and O–H groups in total. The first kappa shape index (κ1) is 14.1. The van der Waals surface area contributed by atoms with Crippen molar-refractivity contribution in [1.82, 2.24) is 0 Å². The third-order valence-corrected chi connectivity index (χ3v) is 3.08. The molecule has 0 aliphatic rings. The van der Waals surface area contributed by atoms with Crippen LogP contribution in [-0.2, 0) is 6.61 Å².